The average molecular weight is 218 g/mol. The Morgan fingerprint density at radius 2 is 2.43 bits per heavy atom. The first-order valence-electron chi connectivity index (χ1n) is 4.09. The minimum absolute atomic E-state index is 0.0348. The molecule has 0 atom stereocenters. The third-order valence-corrected chi connectivity index (χ3v) is 1.83. The molecule has 0 saturated carbocycles. The van der Waals surface area contributed by atoms with E-state index >= 15 is 0 Å². The third-order valence-electron chi connectivity index (χ3n) is 1.50. The van der Waals surface area contributed by atoms with Crippen LogP contribution in [0.1, 0.15) is 12.6 Å². The molecule has 1 aromatic heterocycles. The second-order valence-electron chi connectivity index (χ2n) is 2.56. The summed E-state index contributed by atoms with van der Waals surface area (Å²) in [6.07, 6.45) is 0.980. The quantitative estimate of drug-likeness (QED) is 0.727. The number of hydrogen-bond donors (Lipinski definition) is 0. The molecule has 0 unspecified atom stereocenters. The van der Waals surface area contributed by atoms with Crippen LogP contribution in [0.25, 0.3) is 0 Å². The molecule has 0 N–H and O–H groups in total. The molecule has 0 aliphatic rings. The fraction of sp³-hybridized carbons (Fsp3) is 0.333. The molecule has 0 aliphatic heterocycles. The van der Waals surface area contributed by atoms with Crippen LogP contribution in [0, 0.1) is 5.82 Å². The largest absolute Gasteiger partial charge is 0.466 e. The van der Waals surface area contributed by atoms with E-state index in [1.165, 1.54) is 0 Å². The van der Waals surface area contributed by atoms with E-state index in [9.17, 15) is 9.18 Å². The highest BCUT2D eigenvalue weighted by Crippen LogP contribution is 2.15. The zero-order chi connectivity index (χ0) is 10.6. The number of pyridine rings is 1. The van der Waals surface area contributed by atoms with E-state index in [4.69, 9.17) is 16.3 Å². The summed E-state index contributed by atoms with van der Waals surface area (Å²) in [6, 6.07) is 1.11. The molecule has 3 nitrogen and oxygen atoms in total. The second kappa shape index (κ2) is 4.91. The van der Waals surface area contributed by atoms with Gasteiger partial charge < -0.3 is 4.74 Å². The van der Waals surface area contributed by atoms with Gasteiger partial charge in [-0.25, -0.2) is 4.39 Å². The van der Waals surface area contributed by atoms with Gasteiger partial charge in [-0.15, -0.1) is 0 Å². The van der Waals surface area contributed by atoms with Crippen molar-refractivity contribution in [1.82, 2.24) is 4.98 Å². The maximum absolute atomic E-state index is 12.6. The van der Waals surface area contributed by atoms with Crippen molar-refractivity contribution in [1.29, 1.82) is 0 Å². The Morgan fingerprint density at radius 3 is 3.00 bits per heavy atom. The number of halogens is 2. The first-order chi connectivity index (χ1) is 6.63. The maximum Gasteiger partial charge on any atom is 0.311 e. The van der Waals surface area contributed by atoms with Gasteiger partial charge in [0.2, 0.25) is 0 Å². The predicted molar refractivity (Wildman–Crippen MR) is 49.5 cm³/mol. The first kappa shape index (κ1) is 10.9. The number of rotatable bonds is 3. The minimum Gasteiger partial charge on any atom is -0.466 e. The van der Waals surface area contributed by atoms with E-state index in [1.54, 1.807) is 6.92 Å². The van der Waals surface area contributed by atoms with Gasteiger partial charge in [-0.3, -0.25) is 9.78 Å². The highest BCUT2D eigenvalue weighted by molar-refractivity contribution is 6.31. The van der Waals surface area contributed by atoms with E-state index < -0.39 is 11.8 Å². The number of esters is 1. The van der Waals surface area contributed by atoms with Crippen LogP contribution < -0.4 is 0 Å². The van der Waals surface area contributed by atoms with Crippen molar-refractivity contribution in [2.45, 2.75) is 13.3 Å². The molecule has 0 spiro atoms. The van der Waals surface area contributed by atoms with E-state index in [-0.39, 0.29) is 11.4 Å². The minimum atomic E-state index is -0.525. The molecule has 1 heterocycles. The summed E-state index contributed by atoms with van der Waals surface area (Å²) in [5.74, 6) is -0.948. The normalized spacial score (nSPS) is 9.93. The fourth-order valence-electron chi connectivity index (χ4n) is 0.922. The van der Waals surface area contributed by atoms with Crippen molar-refractivity contribution in [3.05, 3.63) is 28.8 Å². The van der Waals surface area contributed by atoms with Gasteiger partial charge in [0.25, 0.3) is 0 Å². The number of ether oxygens (including phenoxy) is 1. The molecule has 0 aromatic carbocycles. The molecule has 0 aliphatic carbocycles. The third kappa shape index (κ3) is 2.96. The Labute approximate surface area is 85.9 Å². The van der Waals surface area contributed by atoms with Crippen molar-refractivity contribution in [3.63, 3.8) is 0 Å². The lowest BCUT2D eigenvalue weighted by Crippen LogP contribution is -2.09. The van der Waals surface area contributed by atoms with Crippen LogP contribution in [0.2, 0.25) is 5.02 Å². The predicted octanol–water partition coefficient (Wildman–Crippen LogP) is 1.98. The summed E-state index contributed by atoms with van der Waals surface area (Å²) >= 11 is 5.66. The summed E-state index contributed by atoms with van der Waals surface area (Å²) in [4.78, 5) is 14.7. The van der Waals surface area contributed by atoms with Crippen LogP contribution in [-0.2, 0) is 16.0 Å². The van der Waals surface area contributed by atoms with Crippen LogP contribution in [-0.4, -0.2) is 17.6 Å². The standard InChI is InChI=1S/C9H9ClFNO2/c1-2-14-9(13)4-8-7(10)3-6(11)5-12-8/h3,5H,2,4H2,1H3. The van der Waals surface area contributed by atoms with Crippen LogP contribution in [0.4, 0.5) is 4.39 Å². The smallest absolute Gasteiger partial charge is 0.311 e. The molecule has 0 fully saturated rings. The highest BCUT2D eigenvalue weighted by Gasteiger charge is 2.09. The van der Waals surface area contributed by atoms with Crippen molar-refractivity contribution < 1.29 is 13.9 Å². The molecule has 0 saturated heterocycles. The summed E-state index contributed by atoms with van der Waals surface area (Å²) in [7, 11) is 0. The Balaban J connectivity index is 2.72. The summed E-state index contributed by atoms with van der Waals surface area (Å²) in [5, 5.41) is 0.137. The van der Waals surface area contributed by atoms with Gasteiger partial charge in [0.15, 0.2) is 0 Å². The molecule has 0 radical (unpaired) electrons. The molecular formula is C9H9ClFNO2. The van der Waals surface area contributed by atoms with Crippen LogP contribution in [0.5, 0.6) is 0 Å². The lowest BCUT2D eigenvalue weighted by molar-refractivity contribution is -0.142. The Hall–Kier alpha value is -1.16. The molecule has 14 heavy (non-hydrogen) atoms. The monoisotopic (exact) mass is 217 g/mol. The number of nitrogens with zero attached hydrogens (tertiary/aromatic N) is 1. The Kier molecular flexibility index (Phi) is 3.83. The number of carbonyl (C=O) groups excluding carboxylic acids is 1. The molecular weight excluding hydrogens is 209 g/mol. The van der Waals surface area contributed by atoms with Gasteiger partial charge in [-0.05, 0) is 13.0 Å². The van der Waals surface area contributed by atoms with Gasteiger partial charge in [0, 0.05) is 0 Å². The molecule has 0 bridgehead atoms. The number of aromatic nitrogens is 1. The Bertz CT molecular complexity index is 344. The van der Waals surface area contributed by atoms with Gasteiger partial charge in [0.1, 0.15) is 5.82 Å². The van der Waals surface area contributed by atoms with Crippen LogP contribution in [0.15, 0.2) is 12.3 Å². The zero-order valence-electron chi connectivity index (χ0n) is 7.59. The zero-order valence-corrected chi connectivity index (χ0v) is 8.34. The summed E-state index contributed by atoms with van der Waals surface area (Å²) in [6.45, 7) is 2.01. The molecule has 1 rings (SSSR count). The highest BCUT2D eigenvalue weighted by atomic mass is 35.5. The van der Waals surface area contributed by atoms with Crippen molar-refractivity contribution in [3.8, 4) is 0 Å². The summed E-state index contributed by atoms with van der Waals surface area (Å²) in [5.41, 5.74) is 0.325. The average Bonchev–Trinajstić information content (AvgIpc) is 2.10. The van der Waals surface area contributed by atoms with Crippen molar-refractivity contribution in [2.24, 2.45) is 0 Å². The van der Waals surface area contributed by atoms with Gasteiger partial charge in [-0.1, -0.05) is 11.6 Å². The van der Waals surface area contributed by atoms with E-state index in [0.29, 0.717) is 12.3 Å². The van der Waals surface area contributed by atoms with Gasteiger partial charge in [-0.2, -0.15) is 0 Å². The SMILES string of the molecule is CCOC(=O)Cc1ncc(F)cc1Cl. The number of hydrogen-bond acceptors (Lipinski definition) is 3. The van der Waals surface area contributed by atoms with Gasteiger partial charge in [0.05, 0.1) is 29.9 Å². The van der Waals surface area contributed by atoms with E-state index in [2.05, 4.69) is 4.98 Å². The molecule has 5 heteroatoms. The lowest BCUT2D eigenvalue weighted by Gasteiger charge is -2.02. The van der Waals surface area contributed by atoms with Crippen molar-refractivity contribution in [2.75, 3.05) is 6.61 Å². The van der Waals surface area contributed by atoms with Crippen LogP contribution in [0.3, 0.4) is 0 Å². The first-order valence-corrected chi connectivity index (χ1v) is 4.46. The van der Waals surface area contributed by atoms with E-state index in [0.717, 1.165) is 12.3 Å². The Morgan fingerprint density at radius 1 is 1.71 bits per heavy atom. The molecule has 76 valence electrons. The fourth-order valence-corrected chi connectivity index (χ4v) is 1.14. The van der Waals surface area contributed by atoms with Crippen LogP contribution >= 0.6 is 11.6 Å². The molecule has 0 amide bonds. The number of carbonyl (C=O) groups is 1. The molecule has 1 aromatic rings. The second-order valence-corrected chi connectivity index (χ2v) is 2.97. The topological polar surface area (TPSA) is 39.2 Å². The van der Waals surface area contributed by atoms with E-state index in [1.807, 2.05) is 0 Å². The van der Waals surface area contributed by atoms with Gasteiger partial charge >= 0.3 is 5.97 Å². The maximum atomic E-state index is 12.6. The summed E-state index contributed by atoms with van der Waals surface area (Å²) < 4.78 is 17.3. The van der Waals surface area contributed by atoms with Crippen molar-refractivity contribution >= 4 is 17.6 Å². The lowest BCUT2D eigenvalue weighted by atomic mass is 10.3.